The van der Waals surface area contributed by atoms with Crippen LogP contribution in [0.25, 0.3) is 0 Å². The summed E-state index contributed by atoms with van der Waals surface area (Å²) in [6.07, 6.45) is -0.0239. The number of rotatable bonds is 8. The van der Waals surface area contributed by atoms with Crippen molar-refractivity contribution in [2.24, 2.45) is 0 Å². The topological polar surface area (TPSA) is 105 Å². The van der Waals surface area contributed by atoms with Gasteiger partial charge in [-0.15, -0.1) is 11.8 Å². The van der Waals surface area contributed by atoms with E-state index in [1.54, 1.807) is 18.7 Å². The number of ether oxygens (including phenoxy) is 1. The van der Waals surface area contributed by atoms with Gasteiger partial charge in [0.2, 0.25) is 11.8 Å². The standard InChI is InChI=1S/C18H23N3O5S/c1-3-19-18(25)12(2)20-15(22)10-26-17(24)8-9-21-13-6-4-5-7-14(13)27-11-16(21)23/h4-7,12H,3,8-11H2,1-2H3,(H,19,25)(H,20,22)/t12-/m1/s1. The van der Waals surface area contributed by atoms with Gasteiger partial charge in [0, 0.05) is 18.0 Å². The average molecular weight is 393 g/mol. The molecule has 9 heteroatoms. The molecule has 0 saturated carbocycles. The van der Waals surface area contributed by atoms with Gasteiger partial charge in [0.25, 0.3) is 5.91 Å². The number of hydrogen-bond donors (Lipinski definition) is 2. The van der Waals surface area contributed by atoms with Crippen molar-refractivity contribution >= 4 is 41.1 Å². The van der Waals surface area contributed by atoms with Gasteiger partial charge in [0.1, 0.15) is 6.04 Å². The van der Waals surface area contributed by atoms with E-state index in [2.05, 4.69) is 10.6 Å². The summed E-state index contributed by atoms with van der Waals surface area (Å²) in [5, 5.41) is 5.03. The molecular formula is C18H23N3O5S. The van der Waals surface area contributed by atoms with Crippen molar-refractivity contribution in [2.75, 3.05) is 30.3 Å². The summed E-state index contributed by atoms with van der Waals surface area (Å²) in [7, 11) is 0. The number of esters is 1. The van der Waals surface area contributed by atoms with Crippen LogP contribution in [0.3, 0.4) is 0 Å². The van der Waals surface area contributed by atoms with Gasteiger partial charge < -0.3 is 20.3 Å². The predicted molar refractivity (Wildman–Crippen MR) is 101 cm³/mol. The van der Waals surface area contributed by atoms with Gasteiger partial charge in [-0.2, -0.15) is 0 Å². The fraction of sp³-hybridized carbons (Fsp3) is 0.444. The zero-order valence-electron chi connectivity index (χ0n) is 15.3. The minimum Gasteiger partial charge on any atom is -0.456 e. The van der Waals surface area contributed by atoms with Crippen molar-refractivity contribution in [3.05, 3.63) is 24.3 Å². The lowest BCUT2D eigenvalue weighted by atomic mass is 10.2. The van der Waals surface area contributed by atoms with Gasteiger partial charge in [-0.1, -0.05) is 12.1 Å². The Morgan fingerprint density at radius 2 is 2.04 bits per heavy atom. The van der Waals surface area contributed by atoms with E-state index in [0.29, 0.717) is 12.3 Å². The van der Waals surface area contributed by atoms with Crippen LogP contribution in [0.15, 0.2) is 29.2 Å². The van der Waals surface area contributed by atoms with Crippen molar-refractivity contribution in [3.8, 4) is 0 Å². The second kappa shape index (κ2) is 9.96. The minimum absolute atomic E-state index is 0.0239. The van der Waals surface area contributed by atoms with Crippen molar-refractivity contribution in [2.45, 2.75) is 31.2 Å². The number of likely N-dealkylation sites (N-methyl/N-ethyl adjacent to an activating group) is 1. The summed E-state index contributed by atoms with van der Waals surface area (Å²) in [5.74, 6) is -1.19. The van der Waals surface area contributed by atoms with Crippen LogP contribution in [0, 0.1) is 0 Å². The summed E-state index contributed by atoms with van der Waals surface area (Å²) in [5.41, 5.74) is 0.778. The zero-order valence-corrected chi connectivity index (χ0v) is 16.1. The molecular weight excluding hydrogens is 370 g/mol. The van der Waals surface area contributed by atoms with Gasteiger partial charge in [-0.05, 0) is 26.0 Å². The van der Waals surface area contributed by atoms with Crippen molar-refractivity contribution < 1.29 is 23.9 Å². The third-order valence-corrected chi connectivity index (χ3v) is 4.88. The van der Waals surface area contributed by atoms with E-state index in [-0.39, 0.29) is 24.8 Å². The molecule has 1 aliphatic heterocycles. The minimum atomic E-state index is -0.712. The second-order valence-corrected chi connectivity index (χ2v) is 6.91. The van der Waals surface area contributed by atoms with Crippen molar-refractivity contribution in [3.63, 3.8) is 0 Å². The van der Waals surface area contributed by atoms with Crippen LogP contribution in [0.1, 0.15) is 20.3 Å². The second-order valence-electron chi connectivity index (χ2n) is 5.90. The van der Waals surface area contributed by atoms with Crippen LogP contribution in [0.4, 0.5) is 5.69 Å². The highest BCUT2D eigenvalue weighted by molar-refractivity contribution is 8.00. The van der Waals surface area contributed by atoms with Gasteiger partial charge in [0.05, 0.1) is 17.9 Å². The maximum atomic E-state index is 12.1. The first-order valence-electron chi connectivity index (χ1n) is 8.67. The number of anilines is 1. The first-order chi connectivity index (χ1) is 12.9. The van der Waals surface area contributed by atoms with Crippen LogP contribution in [-0.4, -0.2) is 55.2 Å². The molecule has 0 aromatic heterocycles. The molecule has 1 aliphatic rings. The summed E-state index contributed by atoms with van der Waals surface area (Å²) in [4.78, 5) is 49.9. The van der Waals surface area contributed by atoms with Crippen molar-refractivity contribution in [1.82, 2.24) is 10.6 Å². The molecule has 2 N–H and O–H groups in total. The molecule has 0 aliphatic carbocycles. The van der Waals surface area contributed by atoms with E-state index in [9.17, 15) is 19.2 Å². The number of benzene rings is 1. The Balaban J connectivity index is 1.77. The van der Waals surface area contributed by atoms with Crippen LogP contribution in [0.2, 0.25) is 0 Å². The Hall–Kier alpha value is -2.55. The van der Waals surface area contributed by atoms with Crippen molar-refractivity contribution in [1.29, 1.82) is 0 Å². The number of para-hydroxylation sites is 1. The smallest absolute Gasteiger partial charge is 0.308 e. The van der Waals surface area contributed by atoms with E-state index in [1.807, 2.05) is 24.3 Å². The van der Waals surface area contributed by atoms with E-state index in [0.717, 1.165) is 10.6 Å². The predicted octanol–water partition coefficient (Wildman–Crippen LogP) is 0.699. The van der Waals surface area contributed by atoms with Gasteiger partial charge in [-0.3, -0.25) is 19.2 Å². The number of amides is 3. The molecule has 0 unspecified atom stereocenters. The maximum Gasteiger partial charge on any atom is 0.308 e. The molecule has 0 spiro atoms. The third-order valence-electron chi connectivity index (χ3n) is 3.83. The summed E-state index contributed by atoms with van der Waals surface area (Å²) < 4.78 is 4.93. The summed E-state index contributed by atoms with van der Waals surface area (Å²) in [6.45, 7) is 3.50. The zero-order chi connectivity index (χ0) is 19.8. The average Bonchev–Trinajstić information content (AvgIpc) is 2.65. The molecule has 146 valence electrons. The first-order valence-corrected chi connectivity index (χ1v) is 9.65. The first kappa shape index (κ1) is 20.8. The Morgan fingerprint density at radius 3 is 2.78 bits per heavy atom. The fourth-order valence-corrected chi connectivity index (χ4v) is 3.43. The SMILES string of the molecule is CCNC(=O)[C@@H](C)NC(=O)COC(=O)CCN1C(=O)CSc2ccccc21. The molecule has 1 aromatic rings. The number of fused-ring (bicyclic) bond motifs is 1. The van der Waals surface area contributed by atoms with Crippen LogP contribution in [0.5, 0.6) is 0 Å². The summed E-state index contributed by atoms with van der Waals surface area (Å²) in [6, 6.07) is 6.78. The molecule has 3 amide bonds. The number of thioether (sulfide) groups is 1. The highest BCUT2D eigenvalue weighted by atomic mass is 32.2. The molecule has 1 atom stereocenters. The molecule has 1 aromatic carbocycles. The quantitative estimate of drug-likeness (QED) is 0.630. The molecule has 2 rings (SSSR count). The van der Waals surface area contributed by atoms with Gasteiger partial charge in [0.15, 0.2) is 6.61 Å². The normalized spacial score (nSPS) is 14.1. The Bertz CT molecular complexity index is 725. The van der Waals surface area contributed by atoms with Gasteiger partial charge in [-0.25, -0.2) is 0 Å². The molecule has 27 heavy (non-hydrogen) atoms. The highest BCUT2D eigenvalue weighted by Gasteiger charge is 2.25. The van der Waals surface area contributed by atoms with E-state index in [4.69, 9.17) is 4.74 Å². The highest BCUT2D eigenvalue weighted by Crippen LogP contribution is 2.34. The van der Waals surface area contributed by atoms with Crippen LogP contribution in [-0.2, 0) is 23.9 Å². The molecule has 1 heterocycles. The number of hydrogen-bond acceptors (Lipinski definition) is 6. The number of carbonyl (C=O) groups excluding carboxylic acids is 4. The largest absolute Gasteiger partial charge is 0.456 e. The fourth-order valence-electron chi connectivity index (χ4n) is 2.50. The van der Waals surface area contributed by atoms with Crippen LogP contribution < -0.4 is 15.5 Å². The lowest BCUT2D eigenvalue weighted by Gasteiger charge is -2.28. The number of nitrogens with one attached hydrogen (secondary N) is 2. The third kappa shape index (κ3) is 5.99. The van der Waals surface area contributed by atoms with E-state index >= 15 is 0 Å². The summed E-state index contributed by atoms with van der Waals surface area (Å²) >= 11 is 1.47. The van der Waals surface area contributed by atoms with Gasteiger partial charge >= 0.3 is 5.97 Å². The Kier molecular flexibility index (Phi) is 7.66. The van der Waals surface area contributed by atoms with E-state index in [1.165, 1.54) is 11.8 Å². The monoisotopic (exact) mass is 393 g/mol. The molecule has 0 bridgehead atoms. The number of nitrogens with zero attached hydrogens (tertiary/aromatic N) is 1. The number of carbonyl (C=O) groups is 4. The van der Waals surface area contributed by atoms with Crippen LogP contribution >= 0.6 is 11.8 Å². The lowest BCUT2D eigenvalue weighted by molar-refractivity contribution is -0.148. The maximum absolute atomic E-state index is 12.1. The molecule has 0 radical (unpaired) electrons. The molecule has 0 saturated heterocycles. The Morgan fingerprint density at radius 1 is 1.30 bits per heavy atom. The lowest BCUT2D eigenvalue weighted by Crippen LogP contribution is -2.46. The molecule has 8 nitrogen and oxygen atoms in total. The van der Waals surface area contributed by atoms with E-state index < -0.39 is 24.5 Å². The molecule has 0 fully saturated rings. The Labute approximate surface area is 162 Å².